The van der Waals surface area contributed by atoms with E-state index in [0.717, 1.165) is 19.4 Å². The van der Waals surface area contributed by atoms with E-state index in [1.165, 1.54) is 0 Å². The second-order valence-corrected chi connectivity index (χ2v) is 5.99. The summed E-state index contributed by atoms with van der Waals surface area (Å²) in [4.78, 5) is 26.3. The molecule has 0 aromatic rings. The molecule has 2 aliphatic heterocycles. The smallest absolute Gasteiger partial charge is 0.329 e. The first-order valence-corrected chi connectivity index (χ1v) is 7.92. The van der Waals surface area contributed by atoms with E-state index in [2.05, 4.69) is 5.32 Å². The highest BCUT2D eigenvalue weighted by atomic mass is 16.5. The van der Waals surface area contributed by atoms with E-state index in [1.54, 1.807) is 4.90 Å². The third-order valence-corrected chi connectivity index (χ3v) is 4.68. The summed E-state index contributed by atoms with van der Waals surface area (Å²) in [6.45, 7) is 6.18. The number of likely N-dealkylation sites (N-methyl/N-ethyl adjacent to an activating group) is 1. The number of amides is 1. The largest absolute Gasteiger partial charge is 0.479 e. The molecule has 6 nitrogen and oxygen atoms in total. The summed E-state index contributed by atoms with van der Waals surface area (Å²) in [6.07, 6.45) is 2.60. The Balaban J connectivity index is 2.18. The van der Waals surface area contributed by atoms with E-state index in [4.69, 9.17) is 4.74 Å². The highest BCUT2D eigenvalue weighted by molar-refractivity contribution is 5.89. The predicted octanol–water partition coefficient (Wildman–Crippen LogP) is 0.857. The molecule has 2 N–H and O–H groups in total. The summed E-state index contributed by atoms with van der Waals surface area (Å²) in [5.74, 6) is -1.19. The van der Waals surface area contributed by atoms with Crippen LogP contribution in [-0.4, -0.2) is 59.8 Å². The summed E-state index contributed by atoms with van der Waals surface area (Å²) in [7, 11) is 0. The maximum absolute atomic E-state index is 12.9. The van der Waals surface area contributed by atoms with Crippen LogP contribution in [0.1, 0.15) is 39.5 Å². The van der Waals surface area contributed by atoms with Gasteiger partial charge in [-0.3, -0.25) is 4.79 Å². The van der Waals surface area contributed by atoms with Crippen molar-refractivity contribution in [3.05, 3.63) is 0 Å². The van der Waals surface area contributed by atoms with Crippen molar-refractivity contribution in [3.63, 3.8) is 0 Å². The van der Waals surface area contributed by atoms with Crippen molar-refractivity contribution in [2.24, 2.45) is 5.92 Å². The lowest BCUT2D eigenvalue weighted by molar-refractivity contribution is -0.159. The minimum absolute atomic E-state index is 0.00350. The molecule has 0 aromatic heterocycles. The molecule has 2 rings (SSSR count). The van der Waals surface area contributed by atoms with Crippen molar-refractivity contribution >= 4 is 11.9 Å². The Bertz CT molecular complexity index is 401. The van der Waals surface area contributed by atoms with Gasteiger partial charge in [0.05, 0.1) is 19.1 Å². The van der Waals surface area contributed by atoms with Gasteiger partial charge in [-0.05, 0) is 25.8 Å². The van der Waals surface area contributed by atoms with E-state index < -0.39 is 11.5 Å². The maximum atomic E-state index is 12.9. The fourth-order valence-corrected chi connectivity index (χ4v) is 3.66. The van der Waals surface area contributed by atoms with Crippen molar-refractivity contribution in [2.75, 3.05) is 26.3 Å². The molecular weight excluding hydrogens is 272 g/mol. The fraction of sp³-hybridized carbons (Fsp3) is 0.867. The van der Waals surface area contributed by atoms with Gasteiger partial charge in [0.1, 0.15) is 5.54 Å². The molecule has 120 valence electrons. The van der Waals surface area contributed by atoms with Crippen LogP contribution < -0.4 is 5.32 Å². The van der Waals surface area contributed by atoms with Gasteiger partial charge in [0.15, 0.2) is 0 Å². The Morgan fingerprint density at radius 1 is 1.38 bits per heavy atom. The molecule has 3 atom stereocenters. The number of aliphatic carboxylic acids is 1. The molecule has 2 fully saturated rings. The molecule has 0 aromatic carbocycles. The lowest BCUT2D eigenvalue weighted by Gasteiger charge is -2.37. The molecule has 0 aliphatic carbocycles. The topological polar surface area (TPSA) is 78.9 Å². The Morgan fingerprint density at radius 2 is 2.14 bits per heavy atom. The third-order valence-electron chi connectivity index (χ3n) is 4.68. The van der Waals surface area contributed by atoms with Gasteiger partial charge in [-0.1, -0.05) is 20.3 Å². The van der Waals surface area contributed by atoms with Gasteiger partial charge in [0, 0.05) is 12.6 Å². The number of hydrogen-bond acceptors (Lipinski definition) is 4. The first-order valence-electron chi connectivity index (χ1n) is 7.92. The second-order valence-electron chi connectivity index (χ2n) is 5.99. The van der Waals surface area contributed by atoms with Crippen LogP contribution in [0.5, 0.6) is 0 Å². The monoisotopic (exact) mass is 298 g/mol. The number of carbonyl (C=O) groups is 2. The average molecular weight is 298 g/mol. The zero-order valence-electron chi connectivity index (χ0n) is 12.9. The summed E-state index contributed by atoms with van der Waals surface area (Å²) in [6, 6.07) is -0.00350. The van der Waals surface area contributed by atoms with Crippen molar-refractivity contribution < 1.29 is 19.4 Å². The molecule has 2 aliphatic rings. The molecule has 21 heavy (non-hydrogen) atoms. The van der Waals surface area contributed by atoms with Gasteiger partial charge >= 0.3 is 5.97 Å². The Hall–Kier alpha value is -1.14. The SMILES string of the molecule is CCCC1(C(=O)O)CCCN1C(=O)C1COCC1NCC. The van der Waals surface area contributed by atoms with Gasteiger partial charge in [-0.25, -0.2) is 4.79 Å². The van der Waals surface area contributed by atoms with Gasteiger partial charge in [0.25, 0.3) is 0 Å². The summed E-state index contributed by atoms with van der Waals surface area (Å²) < 4.78 is 5.43. The van der Waals surface area contributed by atoms with Crippen molar-refractivity contribution in [3.8, 4) is 0 Å². The second kappa shape index (κ2) is 6.75. The van der Waals surface area contributed by atoms with Gasteiger partial charge in [0.2, 0.25) is 5.91 Å². The summed E-state index contributed by atoms with van der Waals surface area (Å²) in [5, 5.41) is 13.0. The molecule has 3 unspecified atom stereocenters. The molecule has 0 radical (unpaired) electrons. The van der Waals surface area contributed by atoms with Crippen molar-refractivity contribution in [2.45, 2.75) is 51.1 Å². The average Bonchev–Trinajstić information content (AvgIpc) is 3.06. The van der Waals surface area contributed by atoms with E-state index in [0.29, 0.717) is 32.6 Å². The van der Waals surface area contributed by atoms with Crippen molar-refractivity contribution in [1.29, 1.82) is 0 Å². The predicted molar refractivity (Wildman–Crippen MR) is 78.0 cm³/mol. The van der Waals surface area contributed by atoms with Gasteiger partial charge in [-0.15, -0.1) is 0 Å². The van der Waals surface area contributed by atoms with Gasteiger partial charge < -0.3 is 20.1 Å². The number of hydrogen-bond donors (Lipinski definition) is 2. The number of ether oxygens (including phenoxy) is 1. The van der Waals surface area contributed by atoms with Crippen LogP contribution in [0, 0.1) is 5.92 Å². The van der Waals surface area contributed by atoms with Crippen LogP contribution in [-0.2, 0) is 14.3 Å². The van der Waals surface area contributed by atoms with Crippen LogP contribution in [0.4, 0.5) is 0 Å². The van der Waals surface area contributed by atoms with Crippen LogP contribution >= 0.6 is 0 Å². The fourth-order valence-electron chi connectivity index (χ4n) is 3.66. The normalized spacial score (nSPS) is 32.6. The number of carboxylic acid groups (broad SMARTS) is 1. The highest BCUT2D eigenvalue weighted by Crippen LogP contribution is 2.36. The number of nitrogens with zero attached hydrogens (tertiary/aromatic N) is 1. The number of nitrogens with one attached hydrogen (secondary N) is 1. The minimum atomic E-state index is -1.01. The Kier molecular flexibility index (Phi) is 5.22. The number of carboxylic acids is 1. The van der Waals surface area contributed by atoms with Crippen LogP contribution in [0.15, 0.2) is 0 Å². The first kappa shape index (κ1) is 16.2. The molecule has 0 bridgehead atoms. The van der Waals surface area contributed by atoms with Crippen LogP contribution in [0.25, 0.3) is 0 Å². The van der Waals surface area contributed by atoms with Crippen LogP contribution in [0.2, 0.25) is 0 Å². The molecular formula is C15H26N2O4. The molecule has 0 spiro atoms. The zero-order chi connectivity index (χ0) is 15.5. The maximum Gasteiger partial charge on any atom is 0.329 e. The van der Waals surface area contributed by atoms with E-state index >= 15 is 0 Å². The molecule has 0 saturated carbocycles. The molecule has 6 heteroatoms. The molecule has 2 saturated heterocycles. The Labute approximate surface area is 125 Å². The molecule has 2 heterocycles. The van der Waals surface area contributed by atoms with Crippen LogP contribution in [0.3, 0.4) is 0 Å². The van der Waals surface area contributed by atoms with E-state index in [9.17, 15) is 14.7 Å². The number of carbonyl (C=O) groups excluding carboxylic acids is 1. The summed E-state index contributed by atoms with van der Waals surface area (Å²) >= 11 is 0. The highest BCUT2D eigenvalue weighted by Gasteiger charge is 2.51. The quantitative estimate of drug-likeness (QED) is 0.760. The zero-order valence-corrected chi connectivity index (χ0v) is 12.9. The number of likely N-dealkylation sites (tertiary alicyclic amines) is 1. The van der Waals surface area contributed by atoms with E-state index in [-0.39, 0.29) is 17.9 Å². The lowest BCUT2D eigenvalue weighted by Crippen LogP contribution is -2.56. The first-order chi connectivity index (χ1) is 10.1. The lowest BCUT2D eigenvalue weighted by atomic mass is 9.89. The number of rotatable bonds is 6. The Morgan fingerprint density at radius 3 is 2.76 bits per heavy atom. The van der Waals surface area contributed by atoms with Gasteiger partial charge in [-0.2, -0.15) is 0 Å². The summed E-state index contributed by atoms with van der Waals surface area (Å²) in [5.41, 5.74) is -1.01. The minimum Gasteiger partial charge on any atom is -0.479 e. The van der Waals surface area contributed by atoms with E-state index in [1.807, 2.05) is 13.8 Å². The van der Waals surface area contributed by atoms with Crippen molar-refractivity contribution in [1.82, 2.24) is 10.2 Å². The molecule has 1 amide bonds. The standard InChI is InChI=1S/C15H26N2O4/c1-3-6-15(14(19)20)7-5-8-17(15)13(18)11-9-21-10-12(11)16-4-2/h11-12,16H,3-10H2,1-2H3,(H,19,20). The third kappa shape index (κ3) is 2.92.